The number of para-hydroxylation sites is 1. The van der Waals surface area contributed by atoms with E-state index in [1.54, 1.807) is 6.20 Å². The number of Topliss-reactive ketones (excluding diaryl/α,β-unsaturated/α-hetero) is 1. The van der Waals surface area contributed by atoms with Gasteiger partial charge >= 0.3 is 0 Å². The third-order valence-corrected chi connectivity index (χ3v) is 5.78. The van der Waals surface area contributed by atoms with Gasteiger partial charge in [-0.3, -0.25) is 14.6 Å². The molecule has 1 fully saturated rings. The van der Waals surface area contributed by atoms with Crippen molar-refractivity contribution in [2.75, 3.05) is 13.1 Å². The highest BCUT2D eigenvalue weighted by Gasteiger charge is 2.28. The van der Waals surface area contributed by atoms with Gasteiger partial charge in [-0.15, -0.1) is 0 Å². The Morgan fingerprint density at radius 3 is 2.34 bits per heavy atom. The third-order valence-electron chi connectivity index (χ3n) is 5.78. The summed E-state index contributed by atoms with van der Waals surface area (Å²) in [5.41, 5.74) is 3.85. The van der Waals surface area contributed by atoms with Crippen LogP contribution in [0.2, 0.25) is 0 Å². The molecule has 2 heterocycles. The van der Waals surface area contributed by atoms with Crippen molar-refractivity contribution in [3.8, 4) is 11.1 Å². The van der Waals surface area contributed by atoms with E-state index in [-0.39, 0.29) is 23.5 Å². The van der Waals surface area contributed by atoms with E-state index in [0.29, 0.717) is 13.1 Å². The van der Waals surface area contributed by atoms with Crippen molar-refractivity contribution in [1.82, 2.24) is 9.88 Å². The number of hydrogen-bond donors (Lipinski definition) is 0. The van der Waals surface area contributed by atoms with E-state index in [0.717, 1.165) is 40.4 Å². The fourth-order valence-electron chi connectivity index (χ4n) is 4.11. The van der Waals surface area contributed by atoms with Crippen LogP contribution >= 0.6 is 0 Å². The Morgan fingerprint density at radius 1 is 0.966 bits per heavy atom. The number of rotatable bonds is 4. The van der Waals surface area contributed by atoms with Crippen LogP contribution in [-0.2, 0) is 4.79 Å². The first-order valence-corrected chi connectivity index (χ1v) is 10.3. The number of likely N-dealkylation sites (tertiary alicyclic amines) is 1. The van der Waals surface area contributed by atoms with E-state index < -0.39 is 0 Å². The minimum absolute atomic E-state index is 0.00344. The first-order valence-electron chi connectivity index (χ1n) is 10.3. The fourth-order valence-corrected chi connectivity index (χ4v) is 4.11. The van der Waals surface area contributed by atoms with Crippen LogP contribution in [0.1, 0.15) is 37.0 Å². The minimum atomic E-state index is -0.00344. The van der Waals surface area contributed by atoms with Gasteiger partial charge in [0.25, 0.3) is 0 Å². The van der Waals surface area contributed by atoms with Crippen molar-refractivity contribution in [2.24, 2.45) is 11.8 Å². The molecule has 2 aromatic carbocycles. The van der Waals surface area contributed by atoms with Crippen molar-refractivity contribution in [3.63, 3.8) is 0 Å². The largest absolute Gasteiger partial charge is 0.342 e. The smallest absolute Gasteiger partial charge is 0.225 e. The standard InChI is InChI=1S/C25H26N2O2/c1-17(2)25(29)27-15-12-21(13-16-27)24(28)20-10-8-18(9-11-20)22-7-3-5-19-6-4-14-26-23(19)22/h3-11,14,17,21H,12-13,15-16H2,1-2H3. The lowest BCUT2D eigenvalue weighted by Crippen LogP contribution is -2.42. The molecule has 1 aromatic heterocycles. The van der Waals surface area contributed by atoms with Gasteiger partial charge in [0.2, 0.25) is 5.91 Å². The summed E-state index contributed by atoms with van der Waals surface area (Å²) in [7, 11) is 0. The number of carbonyl (C=O) groups is 2. The highest BCUT2D eigenvalue weighted by Crippen LogP contribution is 2.28. The molecule has 1 amide bonds. The summed E-state index contributed by atoms with van der Waals surface area (Å²) in [5, 5.41) is 1.10. The number of carbonyl (C=O) groups excluding carboxylic acids is 2. The number of fused-ring (bicyclic) bond motifs is 1. The van der Waals surface area contributed by atoms with Crippen molar-refractivity contribution >= 4 is 22.6 Å². The van der Waals surface area contributed by atoms with Crippen LogP contribution in [0.4, 0.5) is 0 Å². The lowest BCUT2D eigenvalue weighted by molar-refractivity contribution is -0.135. The molecule has 0 bridgehead atoms. The van der Waals surface area contributed by atoms with Crippen LogP contribution in [0.3, 0.4) is 0 Å². The predicted molar refractivity (Wildman–Crippen MR) is 116 cm³/mol. The van der Waals surface area contributed by atoms with E-state index in [9.17, 15) is 9.59 Å². The Hall–Kier alpha value is -3.01. The number of aromatic nitrogens is 1. The molecule has 4 heteroatoms. The molecule has 4 rings (SSSR count). The van der Waals surface area contributed by atoms with Crippen LogP contribution in [0.25, 0.3) is 22.0 Å². The van der Waals surface area contributed by atoms with E-state index in [2.05, 4.69) is 23.2 Å². The number of amides is 1. The topological polar surface area (TPSA) is 50.3 Å². The zero-order chi connectivity index (χ0) is 20.4. The van der Waals surface area contributed by atoms with Gasteiger partial charge < -0.3 is 4.90 Å². The van der Waals surface area contributed by atoms with Crippen LogP contribution < -0.4 is 0 Å². The summed E-state index contributed by atoms with van der Waals surface area (Å²) in [4.78, 5) is 31.5. The maximum absolute atomic E-state index is 13.0. The first kappa shape index (κ1) is 19.3. The summed E-state index contributed by atoms with van der Waals surface area (Å²) >= 11 is 0. The number of pyridine rings is 1. The summed E-state index contributed by atoms with van der Waals surface area (Å²) in [5.74, 6) is 0.378. The molecule has 3 aromatic rings. The second-order valence-electron chi connectivity index (χ2n) is 8.08. The molecule has 0 atom stereocenters. The number of nitrogens with zero attached hydrogens (tertiary/aromatic N) is 2. The number of piperidine rings is 1. The summed E-state index contributed by atoms with van der Waals surface area (Å²) in [6.45, 7) is 5.19. The maximum Gasteiger partial charge on any atom is 0.225 e. The highest BCUT2D eigenvalue weighted by atomic mass is 16.2. The zero-order valence-corrected chi connectivity index (χ0v) is 17.0. The number of benzene rings is 2. The lowest BCUT2D eigenvalue weighted by atomic mass is 9.88. The molecule has 0 unspecified atom stereocenters. The van der Waals surface area contributed by atoms with Crippen molar-refractivity contribution in [3.05, 3.63) is 66.4 Å². The van der Waals surface area contributed by atoms with E-state index in [4.69, 9.17) is 0 Å². The molecule has 0 N–H and O–H groups in total. The molecule has 0 aliphatic carbocycles. The van der Waals surface area contributed by atoms with Gasteiger partial charge in [-0.2, -0.15) is 0 Å². The summed E-state index contributed by atoms with van der Waals surface area (Å²) < 4.78 is 0. The Balaban J connectivity index is 1.48. The van der Waals surface area contributed by atoms with E-state index in [1.807, 2.05) is 55.1 Å². The average molecular weight is 386 g/mol. The first-order chi connectivity index (χ1) is 14.0. The molecule has 29 heavy (non-hydrogen) atoms. The number of hydrogen-bond acceptors (Lipinski definition) is 3. The minimum Gasteiger partial charge on any atom is -0.342 e. The Morgan fingerprint density at radius 2 is 1.66 bits per heavy atom. The Labute approximate surface area is 171 Å². The van der Waals surface area contributed by atoms with E-state index >= 15 is 0 Å². The van der Waals surface area contributed by atoms with Gasteiger partial charge in [-0.25, -0.2) is 0 Å². The van der Waals surface area contributed by atoms with Crippen LogP contribution in [0.5, 0.6) is 0 Å². The third kappa shape index (κ3) is 3.93. The van der Waals surface area contributed by atoms with Crippen LogP contribution in [0, 0.1) is 11.8 Å². The quantitative estimate of drug-likeness (QED) is 0.594. The highest BCUT2D eigenvalue weighted by molar-refractivity contribution is 5.99. The van der Waals surface area contributed by atoms with Crippen LogP contribution in [0.15, 0.2) is 60.8 Å². The molecular formula is C25H26N2O2. The van der Waals surface area contributed by atoms with Gasteiger partial charge in [-0.05, 0) is 24.5 Å². The Bertz CT molecular complexity index is 1030. The molecule has 4 nitrogen and oxygen atoms in total. The van der Waals surface area contributed by atoms with Crippen LogP contribution in [-0.4, -0.2) is 34.7 Å². The number of ketones is 1. The predicted octanol–water partition coefficient (Wildman–Crippen LogP) is 4.98. The molecule has 148 valence electrons. The SMILES string of the molecule is CC(C)C(=O)N1CCC(C(=O)c2ccc(-c3cccc4cccnc34)cc2)CC1. The molecule has 1 aliphatic rings. The molecule has 1 aliphatic heterocycles. The van der Waals surface area contributed by atoms with Crippen molar-refractivity contribution in [1.29, 1.82) is 0 Å². The summed E-state index contributed by atoms with van der Waals surface area (Å²) in [6.07, 6.45) is 3.29. The molecule has 0 saturated carbocycles. The van der Waals surface area contributed by atoms with E-state index in [1.165, 1.54) is 0 Å². The van der Waals surface area contributed by atoms with Crippen molar-refractivity contribution in [2.45, 2.75) is 26.7 Å². The fraction of sp³-hybridized carbons (Fsp3) is 0.320. The molecule has 1 saturated heterocycles. The molecular weight excluding hydrogens is 360 g/mol. The molecule has 0 spiro atoms. The van der Waals surface area contributed by atoms with Gasteiger partial charge in [-0.1, -0.05) is 62.4 Å². The zero-order valence-electron chi connectivity index (χ0n) is 17.0. The normalized spacial score (nSPS) is 15.1. The average Bonchev–Trinajstić information content (AvgIpc) is 2.78. The second kappa shape index (κ2) is 8.16. The van der Waals surface area contributed by atoms with Gasteiger partial charge in [0, 0.05) is 47.6 Å². The van der Waals surface area contributed by atoms with Gasteiger partial charge in [0.1, 0.15) is 0 Å². The monoisotopic (exact) mass is 386 g/mol. The van der Waals surface area contributed by atoms with Gasteiger partial charge in [0.05, 0.1) is 5.52 Å². The second-order valence-corrected chi connectivity index (χ2v) is 8.08. The Kier molecular flexibility index (Phi) is 5.43. The summed E-state index contributed by atoms with van der Waals surface area (Å²) in [6, 6.07) is 18.0. The van der Waals surface area contributed by atoms with Gasteiger partial charge in [0.15, 0.2) is 5.78 Å². The maximum atomic E-state index is 13.0. The lowest BCUT2D eigenvalue weighted by Gasteiger charge is -2.32. The molecule has 0 radical (unpaired) electrons. The van der Waals surface area contributed by atoms with Crippen molar-refractivity contribution < 1.29 is 9.59 Å².